The van der Waals surface area contributed by atoms with Gasteiger partial charge in [-0.1, -0.05) is 55.4 Å². The number of hydrogen-bond acceptors (Lipinski definition) is 12. The van der Waals surface area contributed by atoms with Gasteiger partial charge in [-0.2, -0.15) is 0 Å². The second kappa shape index (κ2) is 17.8. The summed E-state index contributed by atoms with van der Waals surface area (Å²) in [4.78, 5) is 39.1. The van der Waals surface area contributed by atoms with Crippen LogP contribution in [0.2, 0.25) is 0 Å². The molecule has 13 heteroatoms. The number of carboxylic acid groups (broad SMARTS) is 1. The predicted molar refractivity (Wildman–Crippen MR) is 210 cm³/mol. The topological polar surface area (TPSA) is 177 Å². The molecule has 0 unspecified atom stereocenters. The van der Waals surface area contributed by atoms with Gasteiger partial charge in [-0.15, -0.1) is 0 Å². The number of carboxylic acids is 1. The van der Waals surface area contributed by atoms with E-state index in [-0.39, 0.29) is 29.6 Å². The van der Waals surface area contributed by atoms with E-state index >= 15 is 0 Å². The predicted octanol–water partition coefficient (Wildman–Crippen LogP) is 6.98. The lowest BCUT2D eigenvalue weighted by Gasteiger charge is -2.54. The minimum atomic E-state index is -1.46. The molecule has 5 aliphatic rings. The number of aliphatic hydroxyl groups is 2. The highest BCUT2D eigenvalue weighted by molar-refractivity contribution is 5.84. The van der Waals surface area contributed by atoms with Gasteiger partial charge in [0.05, 0.1) is 60.9 Å². The van der Waals surface area contributed by atoms with Crippen molar-refractivity contribution >= 4 is 17.9 Å². The summed E-state index contributed by atoms with van der Waals surface area (Å²) in [6.45, 7) is 19.4. The molecule has 0 bridgehead atoms. The molecule has 0 aromatic heterocycles. The van der Waals surface area contributed by atoms with E-state index in [1.165, 1.54) is 7.11 Å². The lowest BCUT2D eigenvalue weighted by molar-refractivity contribution is -0.408. The van der Waals surface area contributed by atoms with Crippen molar-refractivity contribution < 1.29 is 62.9 Å². The molecule has 0 aromatic carbocycles. The van der Waals surface area contributed by atoms with E-state index < -0.39 is 95.2 Å². The molecule has 57 heavy (non-hydrogen) atoms. The fraction of sp³-hybridized carbons (Fsp3) is 0.886. The number of aliphatic carboxylic acids is 1. The first-order valence-corrected chi connectivity index (χ1v) is 21.7. The van der Waals surface area contributed by atoms with Crippen molar-refractivity contribution in [3.05, 3.63) is 12.2 Å². The van der Waals surface area contributed by atoms with Crippen LogP contribution in [0.3, 0.4) is 0 Å². The lowest BCUT2D eigenvalue weighted by Crippen LogP contribution is -2.63. The molecule has 2 spiro atoms. The summed E-state index contributed by atoms with van der Waals surface area (Å²) in [6, 6.07) is 0. The lowest BCUT2D eigenvalue weighted by atomic mass is 9.72. The van der Waals surface area contributed by atoms with E-state index in [4.69, 9.17) is 33.2 Å². The first-order valence-electron chi connectivity index (χ1n) is 21.7. The van der Waals surface area contributed by atoms with E-state index in [0.717, 1.165) is 6.42 Å². The first kappa shape index (κ1) is 45.9. The van der Waals surface area contributed by atoms with Gasteiger partial charge in [-0.05, 0) is 95.6 Å². The molecule has 5 aliphatic heterocycles. The standard InChI is InChI=1S/C44H72O13/c1-12-30(39(47)48)32-16-15-24(4)37(53-32)28(8)35(45)27(7)36(46)31(13-2)38-25(5)23-26(6)43(55-38)20-18-34(54-40(49)51-11)44(57-43)22-21-41(10,56-44)33-17-19-42(50,14-3)29(9)52-33/h18,20,24-35,37-38,45,50H,12-17,19,21-23H2,1-11H3,(H,47,48)/t24-,25-,26+,27-,28-,29-,30+,31-,32+,33+,34+,35+,37+,38-,41-,42+,43-,44-/m0/s1. The Morgan fingerprint density at radius 2 is 1.58 bits per heavy atom. The summed E-state index contributed by atoms with van der Waals surface area (Å²) in [6.07, 6.45) is 4.09. The zero-order valence-corrected chi connectivity index (χ0v) is 36.2. The molecular weight excluding hydrogens is 736 g/mol. The summed E-state index contributed by atoms with van der Waals surface area (Å²) in [7, 11) is 1.25. The van der Waals surface area contributed by atoms with Crippen molar-refractivity contribution in [3.8, 4) is 0 Å². The second-order valence-corrected chi connectivity index (χ2v) is 18.5. The van der Waals surface area contributed by atoms with E-state index in [1.54, 1.807) is 19.1 Å². The number of rotatable bonds is 13. The second-order valence-electron chi connectivity index (χ2n) is 18.5. The van der Waals surface area contributed by atoms with Crippen LogP contribution in [0, 0.1) is 41.4 Å². The molecule has 13 nitrogen and oxygen atoms in total. The number of carbonyl (C=O) groups excluding carboxylic acids is 2. The number of carbonyl (C=O) groups is 3. The quantitative estimate of drug-likeness (QED) is 0.128. The molecule has 0 radical (unpaired) electrons. The van der Waals surface area contributed by atoms with Gasteiger partial charge in [0, 0.05) is 30.1 Å². The van der Waals surface area contributed by atoms with E-state index in [9.17, 15) is 29.7 Å². The van der Waals surface area contributed by atoms with E-state index in [2.05, 4.69) is 13.8 Å². The third-order valence-corrected chi connectivity index (χ3v) is 14.8. The smallest absolute Gasteiger partial charge is 0.481 e. The maximum atomic E-state index is 14.6. The minimum absolute atomic E-state index is 0.0352. The highest BCUT2D eigenvalue weighted by atomic mass is 16.8. The van der Waals surface area contributed by atoms with Crippen LogP contribution < -0.4 is 0 Å². The average Bonchev–Trinajstić information content (AvgIpc) is 3.52. The van der Waals surface area contributed by atoms with Crippen molar-refractivity contribution in [2.24, 2.45) is 41.4 Å². The van der Waals surface area contributed by atoms with Gasteiger partial charge < -0.3 is 48.5 Å². The number of hydrogen-bond donors (Lipinski definition) is 3. The fourth-order valence-electron chi connectivity index (χ4n) is 10.8. The van der Waals surface area contributed by atoms with Crippen LogP contribution >= 0.6 is 0 Å². The third kappa shape index (κ3) is 8.86. The molecule has 326 valence electrons. The Balaban J connectivity index is 1.37. The number of ether oxygens (including phenoxy) is 7. The molecule has 4 fully saturated rings. The van der Waals surface area contributed by atoms with Crippen molar-refractivity contribution in [2.45, 2.75) is 199 Å². The summed E-state index contributed by atoms with van der Waals surface area (Å²) in [5.41, 5.74) is -1.76. The zero-order valence-electron chi connectivity index (χ0n) is 36.2. The fourth-order valence-corrected chi connectivity index (χ4v) is 10.8. The molecule has 18 atom stereocenters. The Bertz CT molecular complexity index is 1450. The molecule has 0 aliphatic carbocycles. The van der Waals surface area contributed by atoms with Gasteiger partial charge in [0.25, 0.3) is 0 Å². The molecule has 4 saturated heterocycles. The zero-order chi connectivity index (χ0) is 42.2. The third-order valence-electron chi connectivity index (χ3n) is 14.8. The van der Waals surface area contributed by atoms with E-state index in [0.29, 0.717) is 57.8 Å². The van der Waals surface area contributed by atoms with Crippen molar-refractivity contribution in [1.82, 2.24) is 0 Å². The Hall–Kier alpha value is -2.13. The largest absolute Gasteiger partial charge is 0.508 e. The van der Waals surface area contributed by atoms with Crippen LogP contribution in [-0.4, -0.2) is 106 Å². The molecule has 5 heterocycles. The van der Waals surface area contributed by atoms with Gasteiger partial charge in [0.2, 0.25) is 5.79 Å². The molecule has 0 aromatic rings. The average molecular weight is 809 g/mol. The molecule has 5 rings (SSSR count). The van der Waals surface area contributed by atoms with Crippen LogP contribution in [0.4, 0.5) is 4.79 Å². The van der Waals surface area contributed by atoms with Gasteiger partial charge in [-0.3, -0.25) is 9.59 Å². The van der Waals surface area contributed by atoms with Crippen LogP contribution in [0.5, 0.6) is 0 Å². The summed E-state index contributed by atoms with van der Waals surface area (Å²) in [5, 5.41) is 32.7. The number of ketones is 1. The summed E-state index contributed by atoms with van der Waals surface area (Å²) >= 11 is 0. The monoisotopic (exact) mass is 808 g/mol. The maximum absolute atomic E-state index is 14.6. The Kier molecular flexibility index (Phi) is 14.4. The SMILES string of the molecule is CC[C@@H](C(=O)[C@@H](C)[C@@H](O)[C@H](C)[C@@H]1O[C@@H]([C@@H](CC)C(=O)O)CC[C@@H]1C)[C@H]1O[C@]2(C=C[C@@H](OC(=O)OC)[C@]3(CC[C@@](C)([C@H]4CC[C@](O)(CC)[C@H](C)O4)O3)O2)[C@H](C)C[C@@H]1C. The Morgan fingerprint density at radius 1 is 0.895 bits per heavy atom. The number of aliphatic hydroxyl groups excluding tert-OH is 1. The highest BCUT2D eigenvalue weighted by Crippen LogP contribution is 2.54. The minimum Gasteiger partial charge on any atom is -0.481 e. The maximum Gasteiger partial charge on any atom is 0.508 e. The van der Waals surface area contributed by atoms with Gasteiger partial charge >= 0.3 is 12.1 Å². The molecular formula is C44H72O13. The van der Waals surface area contributed by atoms with Crippen molar-refractivity contribution in [3.63, 3.8) is 0 Å². The van der Waals surface area contributed by atoms with Crippen molar-refractivity contribution in [2.75, 3.05) is 7.11 Å². The van der Waals surface area contributed by atoms with Gasteiger partial charge in [-0.25, -0.2) is 4.79 Å². The van der Waals surface area contributed by atoms with Crippen LogP contribution in [0.25, 0.3) is 0 Å². The normalized spacial score (nSPS) is 43.6. The molecule has 0 amide bonds. The number of Topliss-reactive ketones (excluding diaryl/α,β-unsaturated/α-hetero) is 1. The van der Waals surface area contributed by atoms with Gasteiger partial charge in [0.1, 0.15) is 5.78 Å². The Morgan fingerprint density at radius 3 is 2.18 bits per heavy atom. The highest BCUT2D eigenvalue weighted by Gasteiger charge is 2.64. The molecule has 0 saturated carbocycles. The van der Waals surface area contributed by atoms with Gasteiger partial charge in [0.15, 0.2) is 11.9 Å². The summed E-state index contributed by atoms with van der Waals surface area (Å²) in [5.74, 6) is -6.27. The van der Waals surface area contributed by atoms with E-state index in [1.807, 2.05) is 48.5 Å². The van der Waals surface area contributed by atoms with Crippen LogP contribution in [0.15, 0.2) is 12.2 Å². The number of methoxy groups -OCH3 is 1. The molecule has 3 N–H and O–H groups in total. The Labute approximate surface area is 339 Å². The summed E-state index contributed by atoms with van der Waals surface area (Å²) < 4.78 is 44.6. The van der Waals surface area contributed by atoms with Crippen LogP contribution in [-0.2, 0) is 42.7 Å². The first-order chi connectivity index (χ1) is 26.7. The van der Waals surface area contributed by atoms with Crippen LogP contribution in [0.1, 0.15) is 133 Å². The van der Waals surface area contributed by atoms with Crippen molar-refractivity contribution in [1.29, 1.82) is 0 Å².